The smallest absolute Gasteiger partial charge is 0.00420 e. The Morgan fingerprint density at radius 3 is 2.62 bits per heavy atom. The van der Waals surface area contributed by atoms with Gasteiger partial charge in [-0.05, 0) is 38.8 Å². The van der Waals surface area contributed by atoms with Gasteiger partial charge in [0.05, 0.1) is 0 Å². The molecule has 0 amide bonds. The van der Waals surface area contributed by atoms with Crippen molar-refractivity contribution in [2.24, 2.45) is 0 Å². The van der Waals surface area contributed by atoms with Crippen LogP contribution in [-0.2, 0) is 6.42 Å². The van der Waals surface area contributed by atoms with E-state index in [1.807, 2.05) is 6.07 Å². The highest BCUT2D eigenvalue weighted by Crippen LogP contribution is 2.04. The second-order valence-electron chi connectivity index (χ2n) is 3.33. The molecule has 0 aliphatic heterocycles. The standard InChI is InChI=1S/C12H17N/c1-3-13-11(2)9-10-12-7-5-4-6-8-12/h1,4-8,11,13H,3,9-10H2,2H3. The lowest BCUT2D eigenvalue weighted by molar-refractivity contribution is 0.542. The summed E-state index contributed by atoms with van der Waals surface area (Å²) >= 11 is 0. The Hall–Kier alpha value is -0.820. The molecule has 2 radical (unpaired) electrons. The number of benzene rings is 1. The van der Waals surface area contributed by atoms with Crippen LogP contribution in [0.1, 0.15) is 18.9 Å². The van der Waals surface area contributed by atoms with Crippen molar-refractivity contribution in [3.63, 3.8) is 0 Å². The molecule has 0 saturated carbocycles. The summed E-state index contributed by atoms with van der Waals surface area (Å²) in [5.74, 6) is 0. The molecule has 1 rings (SSSR count). The highest BCUT2D eigenvalue weighted by Gasteiger charge is 1.99. The van der Waals surface area contributed by atoms with Crippen molar-refractivity contribution in [3.05, 3.63) is 42.8 Å². The largest absolute Gasteiger partial charge is 0.314 e. The summed E-state index contributed by atoms with van der Waals surface area (Å²) in [4.78, 5) is 0. The van der Waals surface area contributed by atoms with Crippen LogP contribution >= 0.6 is 0 Å². The summed E-state index contributed by atoms with van der Waals surface area (Å²) in [7, 11) is 0. The van der Waals surface area contributed by atoms with Crippen LogP contribution in [0.25, 0.3) is 0 Å². The van der Waals surface area contributed by atoms with Crippen molar-refractivity contribution in [2.75, 3.05) is 6.54 Å². The third-order valence-electron chi connectivity index (χ3n) is 2.18. The molecule has 0 spiro atoms. The zero-order valence-corrected chi connectivity index (χ0v) is 8.16. The van der Waals surface area contributed by atoms with E-state index in [9.17, 15) is 0 Å². The van der Waals surface area contributed by atoms with Crippen LogP contribution < -0.4 is 5.32 Å². The van der Waals surface area contributed by atoms with Gasteiger partial charge in [-0.1, -0.05) is 30.3 Å². The third-order valence-corrected chi connectivity index (χ3v) is 2.18. The normalized spacial score (nSPS) is 12.8. The molecule has 1 atom stereocenters. The van der Waals surface area contributed by atoms with Gasteiger partial charge in [-0.25, -0.2) is 0 Å². The Balaban J connectivity index is 2.27. The van der Waals surface area contributed by atoms with E-state index in [0.717, 1.165) is 12.8 Å². The van der Waals surface area contributed by atoms with Crippen LogP contribution in [0.2, 0.25) is 0 Å². The average molecular weight is 175 g/mol. The first kappa shape index (κ1) is 10.3. The fraction of sp³-hybridized carbons (Fsp3) is 0.417. The molecule has 0 heterocycles. The predicted molar refractivity (Wildman–Crippen MR) is 56.5 cm³/mol. The number of hydrogen-bond donors (Lipinski definition) is 1. The number of hydrogen-bond acceptors (Lipinski definition) is 1. The van der Waals surface area contributed by atoms with Gasteiger partial charge >= 0.3 is 0 Å². The van der Waals surface area contributed by atoms with Gasteiger partial charge in [0.2, 0.25) is 0 Å². The Kier molecular flexibility index (Phi) is 4.55. The van der Waals surface area contributed by atoms with E-state index in [1.165, 1.54) is 5.56 Å². The molecule has 0 aliphatic carbocycles. The summed E-state index contributed by atoms with van der Waals surface area (Å²) in [6.45, 7) is 8.12. The fourth-order valence-corrected chi connectivity index (χ4v) is 1.33. The van der Waals surface area contributed by atoms with Crippen molar-refractivity contribution in [2.45, 2.75) is 25.8 Å². The minimum atomic E-state index is 0.505. The second kappa shape index (κ2) is 5.76. The minimum Gasteiger partial charge on any atom is -0.314 e. The summed E-state index contributed by atoms with van der Waals surface area (Å²) < 4.78 is 0. The topological polar surface area (TPSA) is 12.0 Å². The molecule has 70 valence electrons. The lowest BCUT2D eigenvalue weighted by Crippen LogP contribution is -2.25. The van der Waals surface area contributed by atoms with Crippen LogP contribution in [0.4, 0.5) is 0 Å². The van der Waals surface area contributed by atoms with Gasteiger partial charge < -0.3 is 5.32 Å². The Morgan fingerprint density at radius 1 is 1.31 bits per heavy atom. The molecule has 1 N–H and O–H groups in total. The Labute approximate surface area is 81.2 Å². The molecule has 0 aromatic heterocycles. The zero-order valence-electron chi connectivity index (χ0n) is 8.16. The van der Waals surface area contributed by atoms with Crippen LogP contribution in [0.15, 0.2) is 30.3 Å². The molecular formula is C12H17N. The predicted octanol–water partition coefficient (Wildman–Crippen LogP) is 2.31. The highest BCUT2D eigenvalue weighted by molar-refractivity contribution is 5.14. The SMILES string of the molecule is [CH]CNC(C)CCc1ccccc1. The Morgan fingerprint density at radius 2 is 2.00 bits per heavy atom. The van der Waals surface area contributed by atoms with E-state index in [2.05, 4.69) is 36.5 Å². The Bertz CT molecular complexity index is 218. The van der Waals surface area contributed by atoms with Crippen LogP contribution in [-0.4, -0.2) is 12.6 Å². The lowest BCUT2D eigenvalue weighted by atomic mass is 10.1. The van der Waals surface area contributed by atoms with Gasteiger partial charge in [0.1, 0.15) is 0 Å². The number of aryl methyl sites for hydroxylation is 1. The first-order valence-corrected chi connectivity index (χ1v) is 4.80. The van der Waals surface area contributed by atoms with Gasteiger partial charge in [-0.15, -0.1) is 0 Å². The number of rotatable bonds is 5. The molecule has 0 aliphatic rings. The van der Waals surface area contributed by atoms with Gasteiger partial charge in [-0.3, -0.25) is 0 Å². The maximum atomic E-state index is 5.39. The van der Waals surface area contributed by atoms with Crippen LogP contribution in [0.5, 0.6) is 0 Å². The van der Waals surface area contributed by atoms with E-state index < -0.39 is 0 Å². The number of nitrogens with one attached hydrogen (secondary N) is 1. The van der Waals surface area contributed by atoms with Gasteiger partial charge in [0, 0.05) is 6.04 Å². The van der Waals surface area contributed by atoms with Gasteiger partial charge in [0.15, 0.2) is 0 Å². The quantitative estimate of drug-likeness (QED) is 0.724. The summed E-state index contributed by atoms with van der Waals surface area (Å²) in [6, 6.07) is 11.0. The van der Waals surface area contributed by atoms with E-state index in [-0.39, 0.29) is 0 Å². The zero-order chi connectivity index (χ0) is 9.52. The minimum absolute atomic E-state index is 0.505. The first-order chi connectivity index (χ1) is 6.33. The molecular weight excluding hydrogens is 158 g/mol. The molecule has 1 aromatic carbocycles. The molecule has 1 aromatic rings. The van der Waals surface area contributed by atoms with Crippen molar-refractivity contribution < 1.29 is 0 Å². The van der Waals surface area contributed by atoms with E-state index >= 15 is 0 Å². The van der Waals surface area contributed by atoms with Gasteiger partial charge in [0.25, 0.3) is 0 Å². The molecule has 1 heteroatoms. The first-order valence-electron chi connectivity index (χ1n) is 4.80. The summed E-state index contributed by atoms with van der Waals surface area (Å²) in [5.41, 5.74) is 1.40. The van der Waals surface area contributed by atoms with Gasteiger partial charge in [-0.2, -0.15) is 0 Å². The van der Waals surface area contributed by atoms with Crippen molar-refractivity contribution in [1.29, 1.82) is 0 Å². The monoisotopic (exact) mass is 175 g/mol. The molecule has 13 heavy (non-hydrogen) atoms. The maximum Gasteiger partial charge on any atom is 0.00420 e. The van der Waals surface area contributed by atoms with Crippen LogP contribution in [0.3, 0.4) is 0 Å². The fourth-order valence-electron chi connectivity index (χ4n) is 1.33. The molecule has 1 nitrogen and oxygen atoms in total. The summed E-state index contributed by atoms with van der Waals surface area (Å²) in [6.07, 6.45) is 2.26. The molecule has 0 bridgehead atoms. The van der Waals surface area contributed by atoms with E-state index in [1.54, 1.807) is 0 Å². The maximum absolute atomic E-state index is 5.39. The molecule has 0 fully saturated rings. The van der Waals surface area contributed by atoms with Crippen LogP contribution in [0, 0.1) is 6.92 Å². The van der Waals surface area contributed by atoms with Crippen molar-refractivity contribution in [3.8, 4) is 0 Å². The van der Waals surface area contributed by atoms with E-state index in [4.69, 9.17) is 6.92 Å². The highest BCUT2D eigenvalue weighted by atomic mass is 14.9. The molecule has 0 saturated heterocycles. The average Bonchev–Trinajstić information content (AvgIpc) is 2.17. The van der Waals surface area contributed by atoms with E-state index in [0.29, 0.717) is 12.6 Å². The summed E-state index contributed by atoms with van der Waals surface area (Å²) in [5, 5.41) is 3.19. The lowest BCUT2D eigenvalue weighted by Gasteiger charge is -2.11. The third kappa shape index (κ3) is 4.09. The second-order valence-corrected chi connectivity index (χ2v) is 3.33. The van der Waals surface area contributed by atoms with Crippen molar-refractivity contribution >= 4 is 0 Å². The van der Waals surface area contributed by atoms with Crippen molar-refractivity contribution in [1.82, 2.24) is 5.32 Å². The molecule has 1 unspecified atom stereocenters.